The summed E-state index contributed by atoms with van der Waals surface area (Å²) in [5.41, 5.74) is 0.296. The van der Waals surface area contributed by atoms with Gasteiger partial charge in [-0.05, 0) is 55.6 Å². The number of hydrogen-bond donors (Lipinski definition) is 2. The van der Waals surface area contributed by atoms with Crippen molar-refractivity contribution in [3.63, 3.8) is 0 Å². The molecule has 2 amide bonds. The van der Waals surface area contributed by atoms with Gasteiger partial charge in [0.05, 0.1) is 22.1 Å². The van der Waals surface area contributed by atoms with Gasteiger partial charge in [0.15, 0.2) is 0 Å². The van der Waals surface area contributed by atoms with Gasteiger partial charge in [-0.1, -0.05) is 6.07 Å². The van der Waals surface area contributed by atoms with E-state index in [1.54, 1.807) is 11.3 Å². The Bertz CT molecular complexity index is 980. The van der Waals surface area contributed by atoms with Crippen molar-refractivity contribution in [3.05, 3.63) is 51.7 Å². The van der Waals surface area contributed by atoms with Gasteiger partial charge >= 0.3 is 0 Å². The van der Waals surface area contributed by atoms with E-state index in [9.17, 15) is 18.0 Å². The molecule has 2 aliphatic rings. The summed E-state index contributed by atoms with van der Waals surface area (Å²) in [5, 5.41) is 4.16. The molecule has 0 aliphatic carbocycles. The summed E-state index contributed by atoms with van der Waals surface area (Å²) in [6.07, 6.45) is 2.23. The van der Waals surface area contributed by atoms with Crippen molar-refractivity contribution in [2.24, 2.45) is 0 Å². The van der Waals surface area contributed by atoms with Crippen LogP contribution in [0.3, 0.4) is 0 Å². The zero-order valence-electron chi connectivity index (χ0n) is 14.5. The van der Waals surface area contributed by atoms with Crippen molar-refractivity contribution in [1.29, 1.82) is 0 Å². The molecule has 142 valence electrons. The van der Waals surface area contributed by atoms with Crippen LogP contribution < -0.4 is 10.0 Å². The fourth-order valence-electron chi connectivity index (χ4n) is 3.53. The van der Waals surface area contributed by atoms with Gasteiger partial charge in [-0.25, -0.2) is 13.1 Å². The summed E-state index contributed by atoms with van der Waals surface area (Å²) in [6.45, 7) is 2.15. The van der Waals surface area contributed by atoms with Crippen LogP contribution >= 0.6 is 11.3 Å². The molecule has 3 heterocycles. The van der Waals surface area contributed by atoms with Crippen LogP contribution in [0.15, 0.2) is 40.6 Å². The minimum atomic E-state index is -3.80. The Morgan fingerprint density at radius 2 is 1.85 bits per heavy atom. The quantitative estimate of drug-likeness (QED) is 0.714. The Kier molecular flexibility index (Phi) is 4.85. The van der Waals surface area contributed by atoms with E-state index in [2.05, 4.69) is 14.9 Å². The molecule has 2 aliphatic heterocycles. The van der Waals surface area contributed by atoms with E-state index in [1.165, 1.54) is 18.2 Å². The Labute approximate surface area is 161 Å². The van der Waals surface area contributed by atoms with E-state index in [-0.39, 0.29) is 28.6 Å². The van der Waals surface area contributed by atoms with E-state index < -0.39 is 21.8 Å². The van der Waals surface area contributed by atoms with Crippen LogP contribution in [0.4, 0.5) is 0 Å². The average molecular weight is 406 g/mol. The molecule has 27 heavy (non-hydrogen) atoms. The molecule has 7 nitrogen and oxygen atoms in total. The van der Waals surface area contributed by atoms with Crippen LogP contribution in [-0.2, 0) is 10.0 Å². The molecule has 0 saturated carbocycles. The lowest BCUT2D eigenvalue weighted by molar-refractivity contribution is 0.0879. The zero-order chi connectivity index (χ0) is 19.0. The molecule has 2 aromatic rings. The summed E-state index contributed by atoms with van der Waals surface area (Å²) in [7, 11) is -3.80. The average Bonchev–Trinajstić information content (AvgIpc) is 3.39. The largest absolute Gasteiger partial charge is 0.294 e. The van der Waals surface area contributed by atoms with Gasteiger partial charge in [0.25, 0.3) is 11.8 Å². The molecule has 1 fully saturated rings. The van der Waals surface area contributed by atoms with Crippen molar-refractivity contribution in [1.82, 2.24) is 14.9 Å². The number of imide groups is 1. The fourth-order valence-corrected chi connectivity index (χ4v) is 5.45. The van der Waals surface area contributed by atoms with Crippen LogP contribution in [0, 0.1) is 0 Å². The SMILES string of the molecule is O=C1NC(=O)c2cc(S(=O)(=O)NCC(c3cccs3)N3CCCC3)ccc21. The van der Waals surface area contributed by atoms with Crippen LogP contribution in [0.25, 0.3) is 0 Å². The maximum absolute atomic E-state index is 12.8. The number of carbonyl (C=O) groups is 2. The van der Waals surface area contributed by atoms with E-state index in [0.29, 0.717) is 0 Å². The van der Waals surface area contributed by atoms with Gasteiger partial charge in [0.1, 0.15) is 0 Å². The summed E-state index contributed by atoms with van der Waals surface area (Å²) >= 11 is 1.61. The molecule has 1 saturated heterocycles. The highest BCUT2D eigenvalue weighted by molar-refractivity contribution is 7.89. The number of sulfonamides is 1. The second-order valence-corrected chi connectivity index (χ2v) is 9.36. The molecular formula is C18H19N3O4S2. The Balaban J connectivity index is 1.55. The van der Waals surface area contributed by atoms with Crippen molar-refractivity contribution in [2.75, 3.05) is 19.6 Å². The molecule has 1 aromatic carbocycles. The van der Waals surface area contributed by atoms with Crippen LogP contribution in [0.1, 0.15) is 44.5 Å². The number of likely N-dealkylation sites (tertiary alicyclic amines) is 1. The van der Waals surface area contributed by atoms with Crippen LogP contribution in [-0.4, -0.2) is 44.8 Å². The molecule has 2 N–H and O–H groups in total. The van der Waals surface area contributed by atoms with E-state index in [4.69, 9.17) is 0 Å². The highest BCUT2D eigenvalue weighted by atomic mass is 32.2. The number of benzene rings is 1. The third-order valence-corrected chi connectivity index (χ3v) is 7.33. The lowest BCUT2D eigenvalue weighted by atomic mass is 10.1. The number of nitrogens with one attached hydrogen (secondary N) is 2. The first-order chi connectivity index (χ1) is 13.0. The lowest BCUT2D eigenvalue weighted by Gasteiger charge is -2.26. The highest BCUT2D eigenvalue weighted by Crippen LogP contribution is 2.28. The maximum Gasteiger partial charge on any atom is 0.258 e. The number of nitrogens with zero attached hydrogens (tertiary/aromatic N) is 1. The zero-order valence-corrected chi connectivity index (χ0v) is 16.1. The normalized spacial score (nSPS) is 18.5. The number of rotatable bonds is 6. The van der Waals surface area contributed by atoms with Gasteiger partial charge < -0.3 is 0 Å². The molecule has 9 heteroatoms. The van der Waals surface area contributed by atoms with Crippen molar-refractivity contribution in [3.8, 4) is 0 Å². The Morgan fingerprint density at radius 3 is 2.56 bits per heavy atom. The predicted octanol–water partition coefficient (Wildman–Crippen LogP) is 1.75. The molecule has 1 unspecified atom stereocenters. The van der Waals surface area contributed by atoms with Crippen molar-refractivity contribution < 1.29 is 18.0 Å². The summed E-state index contributed by atoms with van der Waals surface area (Å²) in [5.74, 6) is -1.07. The van der Waals surface area contributed by atoms with Crippen LogP contribution in [0.2, 0.25) is 0 Å². The first kappa shape index (κ1) is 18.3. The third kappa shape index (κ3) is 3.55. The smallest absolute Gasteiger partial charge is 0.258 e. The second-order valence-electron chi connectivity index (χ2n) is 6.62. The van der Waals surface area contributed by atoms with Gasteiger partial charge in [0, 0.05) is 11.4 Å². The number of hydrogen-bond acceptors (Lipinski definition) is 6. The minimum absolute atomic E-state index is 0.0124. The molecule has 1 atom stereocenters. The summed E-state index contributed by atoms with van der Waals surface area (Å²) in [4.78, 5) is 26.8. The molecule has 0 spiro atoms. The summed E-state index contributed by atoms with van der Waals surface area (Å²) < 4.78 is 28.2. The number of fused-ring (bicyclic) bond motifs is 1. The van der Waals surface area contributed by atoms with E-state index in [0.717, 1.165) is 30.8 Å². The number of thiophene rings is 1. The topological polar surface area (TPSA) is 95.6 Å². The standard InChI is InChI=1S/C18H19N3O4S2/c22-17-13-6-5-12(10-14(13)18(23)20-17)27(24,25)19-11-15(16-4-3-9-26-16)21-7-1-2-8-21/h3-6,9-10,15,19H,1-2,7-8,11H2,(H,20,22,23). The molecule has 0 bridgehead atoms. The van der Waals surface area contributed by atoms with Crippen molar-refractivity contribution >= 4 is 33.2 Å². The molecule has 4 rings (SSSR count). The fraction of sp³-hybridized carbons (Fsp3) is 0.333. The maximum atomic E-state index is 12.8. The first-order valence-electron chi connectivity index (χ1n) is 8.72. The van der Waals surface area contributed by atoms with Gasteiger partial charge in [-0.2, -0.15) is 0 Å². The van der Waals surface area contributed by atoms with E-state index in [1.807, 2.05) is 17.5 Å². The van der Waals surface area contributed by atoms with Gasteiger partial charge in [-0.15, -0.1) is 11.3 Å². The van der Waals surface area contributed by atoms with Gasteiger partial charge in [0.2, 0.25) is 10.0 Å². The number of amides is 2. The number of carbonyl (C=O) groups excluding carboxylic acids is 2. The second kappa shape index (κ2) is 7.16. The molecular weight excluding hydrogens is 386 g/mol. The third-order valence-electron chi connectivity index (χ3n) is 4.94. The highest BCUT2D eigenvalue weighted by Gasteiger charge is 2.30. The van der Waals surface area contributed by atoms with Gasteiger partial charge in [-0.3, -0.25) is 19.8 Å². The first-order valence-corrected chi connectivity index (χ1v) is 11.1. The van der Waals surface area contributed by atoms with Crippen molar-refractivity contribution in [2.45, 2.75) is 23.8 Å². The molecule has 0 radical (unpaired) electrons. The minimum Gasteiger partial charge on any atom is -0.294 e. The lowest BCUT2D eigenvalue weighted by Crippen LogP contribution is -2.36. The monoisotopic (exact) mass is 405 g/mol. The van der Waals surface area contributed by atoms with Crippen LogP contribution in [0.5, 0.6) is 0 Å². The van der Waals surface area contributed by atoms with E-state index >= 15 is 0 Å². The summed E-state index contributed by atoms with van der Waals surface area (Å²) in [6, 6.07) is 7.97. The Hall–Kier alpha value is -2.07. The Morgan fingerprint density at radius 1 is 1.11 bits per heavy atom. The predicted molar refractivity (Wildman–Crippen MR) is 101 cm³/mol. The molecule has 1 aromatic heterocycles.